The Labute approximate surface area is 163 Å². The van der Waals surface area contributed by atoms with E-state index in [1.54, 1.807) is 12.1 Å². The number of Topliss-reactive ketones (excluding diaryl/α,β-unsaturated/α-hetero) is 1. The molecule has 0 radical (unpaired) electrons. The number of carbonyl (C=O) groups excluding carboxylic acids is 1. The minimum absolute atomic E-state index is 0.00392. The second-order valence-corrected chi connectivity index (χ2v) is 10.1. The number of ketones is 1. The van der Waals surface area contributed by atoms with Gasteiger partial charge in [0.15, 0.2) is 10.9 Å². The molecule has 4 rings (SSSR count). The predicted molar refractivity (Wildman–Crippen MR) is 105 cm³/mol. The highest BCUT2D eigenvalue weighted by atomic mass is 32.2. The van der Waals surface area contributed by atoms with E-state index in [1.165, 1.54) is 22.3 Å². The molecule has 0 saturated heterocycles. The van der Waals surface area contributed by atoms with Crippen molar-refractivity contribution < 1.29 is 13.2 Å². The summed E-state index contributed by atoms with van der Waals surface area (Å²) in [6.45, 7) is 1.88. The van der Waals surface area contributed by atoms with Crippen LogP contribution in [0.15, 0.2) is 23.4 Å². The summed E-state index contributed by atoms with van der Waals surface area (Å²) in [6.07, 6.45) is 4.15. The second kappa shape index (κ2) is 6.63. The van der Waals surface area contributed by atoms with Crippen LogP contribution in [0.4, 0.5) is 5.69 Å². The van der Waals surface area contributed by atoms with Crippen LogP contribution in [0.3, 0.4) is 0 Å². The van der Waals surface area contributed by atoms with Crippen molar-refractivity contribution in [1.29, 1.82) is 0 Å². The lowest BCUT2D eigenvalue weighted by molar-refractivity contribution is 0.102. The van der Waals surface area contributed by atoms with Gasteiger partial charge in [-0.05, 0) is 49.9 Å². The first-order chi connectivity index (χ1) is 12.8. The molecule has 0 amide bonds. The van der Waals surface area contributed by atoms with Crippen molar-refractivity contribution >= 4 is 33.3 Å². The molecule has 2 heterocycles. The Morgan fingerprint density at radius 2 is 2.04 bits per heavy atom. The minimum Gasteiger partial charge on any atom is -0.309 e. The molecule has 1 atom stereocenters. The van der Waals surface area contributed by atoms with E-state index < -0.39 is 10.0 Å². The van der Waals surface area contributed by atoms with Crippen molar-refractivity contribution in [3.63, 3.8) is 0 Å². The van der Waals surface area contributed by atoms with Gasteiger partial charge in [0.25, 0.3) is 0 Å². The quantitative estimate of drug-likeness (QED) is 0.541. The van der Waals surface area contributed by atoms with Gasteiger partial charge in [-0.1, -0.05) is 11.8 Å². The van der Waals surface area contributed by atoms with E-state index in [4.69, 9.17) is 0 Å². The average Bonchev–Trinajstić information content (AvgIpc) is 3.28. The van der Waals surface area contributed by atoms with Gasteiger partial charge in [-0.15, -0.1) is 10.2 Å². The predicted octanol–water partition coefficient (Wildman–Crippen LogP) is 2.38. The Kier molecular flexibility index (Phi) is 4.54. The zero-order chi connectivity index (χ0) is 19.3. The van der Waals surface area contributed by atoms with Crippen LogP contribution < -0.4 is 4.31 Å². The van der Waals surface area contributed by atoms with E-state index in [2.05, 4.69) is 10.2 Å². The number of thioether (sulfide) groups is 1. The normalized spacial score (nSPS) is 19.4. The zero-order valence-electron chi connectivity index (χ0n) is 15.5. The number of fused-ring (bicyclic) bond motifs is 1. The first-order valence-electron chi connectivity index (χ1n) is 8.93. The maximum Gasteiger partial charge on any atom is 0.232 e. The lowest BCUT2D eigenvalue weighted by atomic mass is 10.0. The first-order valence-corrected chi connectivity index (χ1v) is 11.8. The summed E-state index contributed by atoms with van der Waals surface area (Å²) >= 11 is 1.39. The average molecular weight is 407 g/mol. The largest absolute Gasteiger partial charge is 0.309 e. The number of aromatic nitrogens is 3. The standard InChI is InChI=1S/C18H22N4O3S2/c1-11-8-14-9-13(6-7-15(14)22(11)27(3,24)25)16(23)10-26-18-20-19-17(21(18)2)12-4-5-12/h6-7,9,11-12H,4-5,8,10H2,1-3H3/t11-/m0/s1. The summed E-state index contributed by atoms with van der Waals surface area (Å²) in [5, 5.41) is 9.18. The minimum atomic E-state index is -3.32. The van der Waals surface area contributed by atoms with Crippen molar-refractivity contribution in [3.05, 3.63) is 35.2 Å². The molecular weight excluding hydrogens is 384 g/mol. The lowest BCUT2D eigenvalue weighted by Gasteiger charge is -2.21. The van der Waals surface area contributed by atoms with Gasteiger partial charge in [-0.3, -0.25) is 9.10 Å². The van der Waals surface area contributed by atoms with Crippen LogP contribution in [0.2, 0.25) is 0 Å². The van der Waals surface area contributed by atoms with Gasteiger partial charge < -0.3 is 4.57 Å². The molecular formula is C18H22N4O3S2. The van der Waals surface area contributed by atoms with Gasteiger partial charge in [-0.2, -0.15) is 0 Å². The Morgan fingerprint density at radius 1 is 1.30 bits per heavy atom. The van der Waals surface area contributed by atoms with E-state index in [0.717, 1.165) is 29.4 Å². The Hall–Kier alpha value is -1.87. The number of nitrogens with zero attached hydrogens (tertiary/aromatic N) is 4. The molecule has 2 aliphatic rings. The molecule has 1 aliphatic heterocycles. The fourth-order valence-electron chi connectivity index (χ4n) is 3.64. The van der Waals surface area contributed by atoms with Gasteiger partial charge in [-0.25, -0.2) is 8.42 Å². The molecule has 1 aliphatic carbocycles. The fourth-order valence-corrected chi connectivity index (χ4v) is 5.72. The molecule has 0 unspecified atom stereocenters. The number of sulfonamides is 1. The number of hydrogen-bond donors (Lipinski definition) is 0. The van der Waals surface area contributed by atoms with Crippen molar-refractivity contribution in [3.8, 4) is 0 Å². The second-order valence-electron chi connectivity index (χ2n) is 7.34. The van der Waals surface area contributed by atoms with Crippen LogP contribution in [0, 0.1) is 0 Å². The van der Waals surface area contributed by atoms with Gasteiger partial charge in [0.2, 0.25) is 10.0 Å². The highest BCUT2D eigenvalue weighted by molar-refractivity contribution is 7.99. The topological polar surface area (TPSA) is 85.2 Å². The molecule has 1 fully saturated rings. The Balaban J connectivity index is 1.48. The smallest absolute Gasteiger partial charge is 0.232 e. The highest BCUT2D eigenvalue weighted by Crippen LogP contribution is 2.39. The van der Waals surface area contributed by atoms with Crippen molar-refractivity contribution in [2.45, 2.75) is 43.3 Å². The number of hydrogen-bond acceptors (Lipinski definition) is 6. The zero-order valence-corrected chi connectivity index (χ0v) is 17.2. The van der Waals surface area contributed by atoms with Crippen molar-refractivity contribution in [2.24, 2.45) is 7.05 Å². The molecule has 1 aromatic heterocycles. The molecule has 1 saturated carbocycles. The summed E-state index contributed by atoms with van der Waals surface area (Å²) in [4.78, 5) is 12.6. The summed E-state index contributed by atoms with van der Waals surface area (Å²) < 4.78 is 27.4. The Bertz CT molecular complexity index is 1010. The van der Waals surface area contributed by atoms with E-state index in [-0.39, 0.29) is 17.6 Å². The summed E-state index contributed by atoms with van der Waals surface area (Å²) in [6, 6.07) is 5.15. The van der Waals surface area contributed by atoms with Crippen LogP contribution in [0.1, 0.15) is 47.4 Å². The molecule has 144 valence electrons. The maximum atomic E-state index is 12.6. The van der Waals surface area contributed by atoms with Gasteiger partial charge in [0.05, 0.1) is 17.7 Å². The van der Waals surface area contributed by atoms with Crippen LogP contribution in [0.25, 0.3) is 0 Å². The van der Waals surface area contributed by atoms with Crippen molar-refractivity contribution in [1.82, 2.24) is 14.8 Å². The first kappa shape index (κ1) is 18.5. The lowest BCUT2D eigenvalue weighted by Crippen LogP contribution is -2.34. The maximum absolute atomic E-state index is 12.6. The molecule has 7 nitrogen and oxygen atoms in total. The summed E-state index contributed by atoms with van der Waals surface area (Å²) in [5.41, 5.74) is 2.18. The monoisotopic (exact) mass is 406 g/mol. The molecule has 2 aromatic rings. The molecule has 0 N–H and O–H groups in total. The number of carbonyl (C=O) groups is 1. The van der Waals surface area contributed by atoms with Crippen LogP contribution in [-0.2, 0) is 23.5 Å². The van der Waals surface area contributed by atoms with Gasteiger partial charge in [0.1, 0.15) is 5.82 Å². The summed E-state index contributed by atoms with van der Waals surface area (Å²) in [7, 11) is -1.38. The molecule has 1 aromatic carbocycles. The van der Waals surface area contributed by atoms with E-state index in [0.29, 0.717) is 23.6 Å². The number of rotatable bonds is 6. The number of anilines is 1. The Morgan fingerprint density at radius 3 is 2.70 bits per heavy atom. The van der Waals surface area contributed by atoms with Gasteiger partial charge in [0, 0.05) is 24.6 Å². The van der Waals surface area contributed by atoms with E-state index >= 15 is 0 Å². The van der Waals surface area contributed by atoms with Crippen molar-refractivity contribution in [2.75, 3.05) is 16.3 Å². The van der Waals surface area contributed by atoms with E-state index in [1.807, 2.05) is 24.6 Å². The number of benzene rings is 1. The molecule has 27 heavy (non-hydrogen) atoms. The van der Waals surface area contributed by atoms with Crippen LogP contribution in [-0.4, -0.2) is 47.0 Å². The van der Waals surface area contributed by atoms with Crippen LogP contribution in [0.5, 0.6) is 0 Å². The summed E-state index contributed by atoms with van der Waals surface area (Å²) in [5.74, 6) is 1.80. The third-order valence-corrected chi connectivity index (χ3v) is 7.35. The van der Waals surface area contributed by atoms with E-state index in [9.17, 15) is 13.2 Å². The highest BCUT2D eigenvalue weighted by Gasteiger charge is 2.33. The van der Waals surface area contributed by atoms with Gasteiger partial charge >= 0.3 is 0 Å². The van der Waals surface area contributed by atoms with Crippen LogP contribution >= 0.6 is 11.8 Å². The molecule has 0 spiro atoms. The molecule has 0 bridgehead atoms. The molecule has 9 heteroatoms. The fraction of sp³-hybridized carbons (Fsp3) is 0.500. The third-order valence-electron chi connectivity index (χ3n) is 5.06. The third kappa shape index (κ3) is 3.50. The SMILES string of the molecule is C[C@H]1Cc2cc(C(=O)CSc3nnc(C4CC4)n3C)ccc2N1S(C)(=O)=O.